The Bertz CT molecular complexity index is 234. The lowest BCUT2D eigenvalue weighted by Gasteiger charge is -2.24. The topological polar surface area (TPSA) is 150 Å². The van der Waals surface area contributed by atoms with Crippen molar-refractivity contribution in [3.63, 3.8) is 0 Å². The van der Waals surface area contributed by atoms with Crippen molar-refractivity contribution in [2.45, 2.75) is 24.4 Å². The first kappa shape index (κ1) is 14.9. The third kappa shape index (κ3) is 4.64. The Morgan fingerprint density at radius 1 is 1.31 bits per heavy atom. The van der Waals surface area contributed by atoms with Gasteiger partial charge in [0, 0.05) is 0 Å². The van der Waals surface area contributed by atoms with Gasteiger partial charge in [-0.2, -0.15) is 0 Å². The highest BCUT2D eigenvalue weighted by atomic mass is 16.6. The summed E-state index contributed by atoms with van der Waals surface area (Å²) in [7, 11) is 0. The molecule has 0 aromatic heterocycles. The van der Waals surface area contributed by atoms with Crippen molar-refractivity contribution in [1.29, 1.82) is 0 Å². The van der Waals surface area contributed by atoms with Gasteiger partial charge in [-0.3, -0.25) is 0 Å². The van der Waals surface area contributed by atoms with E-state index in [1.165, 1.54) is 0 Å². The maximum atomic E-state index is 10.5. The van der Waals surface area contributed by atoms with Gasteiger partial charge in [0.1, 0.15) is 37.8 Å². The van der Waals surface area contributed by atoms with E-state index in [0.29, 0.717) is 0 Å². The van der Waals surface area contributed by atoms with Gasteiger partial charge >= 0.3 is 5.97 Å². The van der Waals surface area contributed by atoms with Gasteiger partial charge in [-0.25, -0.2) is 4.79 Å². The van der Waals surface area contributed by atoms with Crippen LogP contribution in [0.4, 0.5) is 0 Å². The highest BCUT2D eigenvalue weighted by Gasteiger charge is 2.29. The Morgan fingerprint density at radius 3 is 2.31 bits per heavy atom. The predicted molar refractivity (Wildman–Crippen MR) is 50.1 cm³/mol. The molecule has 4 atom stereocenters. The van der Waals surface area contributed by atoms with E-state index in [1.54, 1.807) is 0 Å². The average Bonchev–Trinajstić information content (AvgIpc) is 2.32. The van der Waals surface area contributed by atoms with E-state index in [1.807, 2.05) is 0 Å². The van der Waals surface area contributed by atoms with Crippen molar-refractivity contribution >= 4 is 12.3 Å². The van der Waals surface area contributed by atoms with E-state index in [0.717, 1.165) is 0 Å². The lowest BCUT2D eigenvalue weighted by Crippen LogP contribution is -2.50. The molecule has 0 bridgehead atoms. The second kappa shape index (κ2) is 7.25. The van der Waals surface area contributed by atoms with Crippen LogP contribution in [0.5, 0.6) is 0 Å². The average molecular weight is 237 g/mol. The first-order chi connectivity index (χ1) is 7.43. The molecule has 0 saturated carbocycles. The number of ether oxygens (including phenoxy) is 1. The third-order valence-electron chi connectivity index (χ3n) is 1.84. The summed E-state index contributed by atoms with van der Waals surface area (Å²) < 4.78 is 4.30. The minimum Gasteiger partial charge on any atom is -0.461 e. The molecule has 0 aliphatic rings. The minimum absolute atomic E-state index is 0.209. The zero-order chi connectivity index (χ0) is 12.7. The standard InChI is InChI=1S/C8H15NO7/c9-4(1-10)7(14)8(15)5(12)3-16-6(13)2-11/h1,4-5,7-8,11-12,14-15H,2-3,9H2/t4-,5+,7+,8+/m0/s1. The zero-order valence-corrected chi connectivity index (χ0v) is 8.39. The second-order valence-electron chi connectivity index (χ2n) is 3.10. The summed E-state index contributed by atoms with van der Waals surface area (Å²) in [5.74, 6) is -0.986. The predicted octanol–water partition coefficient (Wildman–Crippen LogP) is -3.87. The molecule has 0 amide bonds. The molecular weight excluding hydrogens is 222 g/mol. The molecule has 0 aliphatic heterocycles. The molecule has 0 aliphatic carbocycles. The van der Waals surface area contributed by atoms with Crippen LogP contribution < -0.4 is 5.73 Å². The van der Waals surface area contributed by atoms with Crippen LogP contribution in [-0.4, -0.2) is 70.2 Å². The summed E-state index contributed by atoms with van der Waals surface area (Å²) in [4.78, 5) is 20.7. The molecule has 8 nitrogen and oxygen atoms in total. The molecule has 94 valence electrons. The summed E-state index contributed by atoms with van der Waals surface area (Å²) in [6.07, 6.45) is -4.79. The van der Waals surface area contributed by atoms with E-state index in [2.05, 4.69) is 4.74 Å². The smallest absolute Gasteiger partial charge is 0.331 e. The second-order valence-corrected chi connectivity index (χ2v) is 3.10. The van der Waals surface area contributed by atoms with Gasteiger partial charge < -0.3 is 35.7 Å². The Balaban J connectivity index is 4.11. The van der Waals surface area contributed by atoms with Crippen molar-refractivity contribution in [3.8, 4) is 0 Å². The van der Waals surface area contributed by atoms with Crippen LogP contribution in [0.3, 0.4) is 0 Å². The summed E-state index contributed by atoms with van der Waals surface area (Å²) >= 11 is 0. The Morgan fingerprint density at radius 2 is 1.88 bits per heavy atom. The highest BCUT2D eigenvalue weighted by Crippen LogP contribution is 2.03. The van der Waals surface area contributed by atoms with Crippen LogP contribution >= 0.6 is 0 Å². The monoisotopic (exact) mass is 237 g/mol. The maximum absolute atomic E-state index is 10.5. The quantitative estimate of drug-likeness (QED) is 0.223. The molecule has 0 rings (SSSR count). The molecule has 0 aromatic rings. The van der Waals surface area contributed by atoms with Gasteiger partial charge in [-0.15, -0.1) is 0 Å². The normalized spacial score (nSPS) is 18.3. The lowest BCUT2D eigenvalue weighted by molar-refractivity contribution is -0.155. The van der Waals surface area contributed by atoms with Gasteiger partial charge in [0.05, 0.1) is 6.04 Å². The number of carbonyl (C=O) groups is 2. The summed E-state index contributed by atoms with van der Waals surface area (Å²) in [6, 6.07) is -1.35. The molecule has 0 unspecified atom stereocenters. The number of hydrogen-bond donors (Lipinski definition) is 5. The van der Waals surface area contributed by atoms with Gasteiger partial charge in [-0.1, -0.05) is 0 Å². The molecule has 16 heavy (non-hydrogen) atoms. The van der Waals surface area contributed by atoms with Crippen molar-refractivity contribution in [3.05, 3.63) is 0 Å². The van der Waals surface area contributed by atoms with E-state index < -0.39 is 43.5 Å². The van der Waals surface area contributed by atoms with Crippen LogP contribution in [0.2, 0.25) is 0 Å². The first-order valence-electron chi connectivity index (χ1n) is 4.45. The third-order valence-corrected chi connectivity index (χ3v) is 1.84. The fraction of sp³-hybridized carbons (Fsp3) is 0.750. The van der Waals surface area contributed by atoms with Gasteiger partial charge in [0.25, 0.3) is 0 Å². The van der Waals surface area contributed by atoms with E-state index in [9.17, 15) is 24.9 Å². The van der Waals surface area contributed by atoms with E-state index in [4.69, 9.17) is 10.8 Å². The zero-order valence-electron chi connectivity index (χ0n) is 8.39. The lowest BCUT2D eigenvalue weighted by atomic mass is 10.0. The molecule has 0 heterocycles. The minimum atomic E-state index is -1.73. The van der Waals surface area contributed by atoms with Crippen molar-refractivity contribution in [2.24, 2.45) is 5.73 Å². The fourth-order valence-corrected chi connectivity index (χ4v) is 0.858. The Hall–Kier alpha value is -1.06. The molecule has 0 fully saturated rings. The SMILES string of the molecule is N[C@@H](C=O)[C@@H](O)[C@H](O)[C@H](O)COC(=O)CO. The van der Waals surface area contributed by atoms with E-state index in [-0.39, 0.29) is 6.29 Å². The van der Waals surface area contributed by atoms with Gasteiger partial charge in [0.2, 0.25) is 0 Å². The van der Waals surface area contributed by atoms with Crippen LogP contribution in [0, 0.1) is 0 Å². The van der Waals surface area contributed by atoms with Crippen molar-refractivity contribution in [1.82, 2.24) is 0 Å². The Labute approximate surface area is 91.2 Å². The van der Waals surface area contributed by atoms with Crippen molar-refractivity contribution in [2.75, 3.05) is 13.2 Å². The van der Waals surface area contributed by atoms with Crippen LogP contribution in [0.1, 0.15) is 0 Å². The van der Waals surface area contributed by atoms with Crippen LogP contribution in [0.25, 0.3) is 0 Å². The van der Waals surface area contributed by atoms with E-state index >= 15 is 0 Å². The summed E-state index contributed by atoms with van der Waals surface area (Å²) in [6.45, 7) is -1.48. The largest absolute Gasteiger partial charge is 0.461 e. The number of hydrogen-bond acceptors (Lipinski definition) is 8. The number of aliphatic hydroxyl groups is 4. The molecular formula is C8H15NO7. The van der Waals surface area contributed by atoms with Gasteiger partial charge in [0.15, 0.2) is 0 Å². The summed E-state index contributed by atoms with van der Waals surface area (Å²) in [5, 5.41) is 36.0. The molecule has 0 aromatic carbocycles. The molecule has 8 heteroatoms. The number of esters is 1. The number of rotatable bonds is 7. The first-order valence-corrected chi connectivity index (χ1v) is 4.45. The molecule has 0 radical (unpaired) electrons. The van der Waals surface area contributed by atoms with Gasteiger partial charge in [-0.05, 0) is 0 Å². The van der Waals surface area contributed by atoms with Crippen LogP contribution in [-0.2, 0) is 14.3 Å². The molecule has 0 saturated heterocycles. The Kier molecular flexibility index (Phi) is 6.77. The molecule has 0 spiro atoms. The number of aldehydes is 1. The highest BCUT2D eigenvalue weighted by molar-refractivity contribution is 5.70. The number of aliphatic hydroxyl groups excluding tert-OH is 4. The number of nitrogens with two attached hydrogens (primary N) is 1. The van der Waals surface area contributed by atoms with Crippen LogP contribution in [0.15, 0.2) is 0 Å². The molecule has 6 N–H and O–H groups in total. The fourth-order valence-electron chi connectivity index (χ4n) is 0.858. The number of carbonyl (C=O) groups excluding carboxylic acids is 2. The van der Waals surface area contributed by atoms with Crippen molar-refractivity contribution < 1.29 is 34.8 Å². The maximum Gasteiger partial charge on any atom is 0.331 e. The summed E-state index contributed by atoms with van der Waals surface area (Å²) in [5.41, 5.74) is 5.10.